The minimum Gasteiger partial charge on any atom is -0.495 e. The molecule has 2 rings (SSSR count). The van der Waals surface area contributed by atoms with E-state index in [0.717, 1.165) is 17.1 Å². The van der Waals surface area contributed by atoms with Gasteiger partial charge < -0.3 is 10.1 Å². The van der Waals surface area contributed by atoms with Gasteiger partial charge in [-0.25, -0.2) is 0 Å². The summed E-state index contributed by atoms with van der Waals surface area (Å²) in [5.74, 6) is 0.822. The Morgan fingerprint density at radius 1 is 1.24 bits per heavy atom. The first-order chi connectivity index (χ1) is 8.31. The van der Waals surface area contributed by atoms with Crippen molar-refractivity contribution in [3.8, 4) is 5.75 Å². The number of rotatable bonds is 4. The van der Waals surface area contributed by atoms with Crippen molar-refractivity contribution >= 4 is 5.69 Å². The molecule has 0 saturated carbocycles. The number of hydrogen-bond donors (Lipinski definition) is 1. The summed E-state index contributed by atoms with van der Waals surface area (Å²) in [7, 11) is 1.66. The Morgan fingerprint density at radius 3 is 2.76 bits per heavy atom. The largest absolute Gasteiger partial charge is 0.495 e. The van der Waals surface area contributed by atoms with Gasteiger partial charge in [0.25, 0.3) is 0 Å². The molecule has 0 aliphatic rings. The molecule has 0 bridgehead atoms. The van der Waals surface area contributed by atoms with Crippen molar-refractivity contribution in [2.24, 2.45) is 0 Å². The third-order valence-corrected chi connectivity index (χ3v) is 2.51. The van der Waals surface area contributed by atoms with E-state index in [-0.39, 0.29) is 6.04 Å². The van der Waals surface area contributed by atoms with Crippen molar-refractivity contribution in [3.63, 3.8) is 0 Å². The fraction of sp³-hybridized carbons (Fsp3) is 0.231. The summed E-state index contributed by atoms with van der Waals surface area (Å²) in [6.07, 6.45) is 5.11. The zero-order chi connectivity index (χ0) is 12.1. The van der Waals surface area contributed by atoms with Crippen LogP contribution in [0, 0.1) is 0 Å². The van der Waals surface area contributed by atoms with E-state index in [9.17, 15) is 0 Å². The summed E-state index contributed by atoms with van der Waals surface area (Å²) in [5, 5.41) is 3.35. The topological polar surface area (TPSA) is 47.0 Å². The highest BCUT2D eigenvalue weighted by atomic mass is 16.5. The standard InChI is InChI=1S/C13H15N3O/c1-10(12-9-14-7-8-15-12)16-11-5-3-4-6-13(11)17-2/h3-10,16H,1-2H3. The maximum Gasteiger partial charge on any atom is 0.141 e. The number of nitrogens with one attached hydrogen (secondary N) is 1. The number of benzene rings is 1. The average Bonchev–Trinajstić information content (AvgIpc) is 2.40. The van der Waals surface area contributed by atoms with Crippen molar-refractivity contribution < 1.29 is 4.74 Å². The van der Waals surface area contributed by atoms with E-state index in [1.54, 1.807) is 25.7 Å². The number of ether oxygens (including phenoxy) is 1. The third kappa shape index (κ3) is 2.72. The fourth-order valence-electron chi connectivity index (χ4n) is 1.61. The Balaban J connectivity index is 2.16. The second kappa shape index (κ2) is 5.30. The summed E-state index contributed by atoms with van der Waals surface area (Å²) in [6, 6.07) is 7.89. The van der Waals surface area contributed by atoms with Crippen LogP contribution in [-0.4, -0.2) is 17.1 Å². The molecule has 2 aromatic rings. The van der Waals surface area contributed by atoms with Crippen LogP contribution in [0.3, 0.4) is 0 Å². The lowest BCUT2D eigenvalue weighted by Gasteiger charge is -2.16. The van der Waals surface area contributed by atoms with Crippen LogP contribution in [-0.2, 0) is 0 Å². The molecule has 4 nitrogen and oxygen atoms in total. The smallest absolute Gasteiger partial charge is 0.141 e. The van der Waals surface area contributed by atoms with Gasteiger partial charge in [0.15, 0.2) is 0 Å². The summed E-state index contributed by atoms with van der Waals surface area (Å²) in [4.78, 5) is 8.32. The zero-order valence-corrected chi connectivity index (χ0v) is 9.92. The second-order valence-electron chi connectivity index (χ2n) is 3.70. The SMILES string of the molecule is COc1ccccc1NC(C)c1cnccn1. The van der Waals surface area contributed by atoms with Gasteiger partial charge in [-0.15, -0.1) is 0 Å². The van der Waals surface area contributed by atoms with Crippen molar-refractivity contribution in [1.82, 2.24) is 9.97 Å². The first-order valence-electron chi connectivity index (χ1n) is 5.46. The molecule has 1 N–H and O–H groups in total. The molecular weight excluding hydrogens is 214 g/mol. The van der Waals surface area contributed by atoms with Crippen molar-refractivity contribution in [2.45, 2.75) is 13.0 Å². The monoisotopic (exact) mass is 229 g/mol. The Hall–Kier alpha value is -2.10. The Kier molecular flexibility index (Phi) is 3.55. The fourth-order valence-corrected chi connectivity index (χ4v) is 1.61. The molecule has 1 heterocycles. The van der Waals surface area contributed by atoms with Crippen molar-refractivity contribution in [1.29, 1.82) is 0 Å². The molecule has 0 fully saturated rings. The van der Waals surface area contributed by atoms with Gasteiger partial charge >= 0.3 is 0 Å². The highest BCUT2D eigenvalue weighted by Gasteiger charge is 2.09. The molecule has 0 saturated heterocycles. The molecule has 1 aromatic carbocycles. The number of nitrogens with zero attached hydrogens (tertiary/aromatic N) is 2. The van der Waals surface area contributed by atoms with Crippen LogP contribution in [0.25, 0.3) is 0 Å². The van der Waals surface area contributed by atoms with Gasteiger partial charge in [-0.3, -0.25) is 9.97 Å². The van der Waals surface area contributed by atoms with Gasteiger partial charge in [0.1, 0.15) is 5.75 Å². The maximum absolute atomic E-state index is 5.28. The van der Waals surface area contributed by atoms with Gasteiger partial charge in [0, 0.05) is 12.4 Å². The van der Waals surface area contributed by atoms with Crippen LogP contribution in [0.15, 0.2) is 42.9 Å². The van der Waals surface area contributed by atoms with Gasteiger partial charge in [0.05, 0.1) is 30.7 Å². The summed E-state index contributed by atoms with van der Waals surface area (Å²) < 4.78 is 5.28. The molecular formula is C13H15N3O. The molecule has 1 unspecified atom stereocenters. The van der Waals surface area contributed by atoms with E-state index >= 15 is 0 Å². The quantitative estimate of drug-likeness (QED) is 0.875. The molecule has 0 spiro atoms. The van der Waals surface area contributed by atoms with Crippen LogP contribution in [0.1, 0.15) is 18.7 Å². The minimum absolute atomic E-state index is 0.0833. The second-order valence-corrected chi connectivity index (χ2v) is 3.70. The first kappa shape index (κ1) is 11.4. The normalized spacial score (nSPS) is 11.9. The summed E-state index contributed by atoms with van der Waals surface area (Å²) in [5.41, 5.74) is 1.85. The van der Waals surface area contributed by atoms with Gasteiger partial charge in [-0.05, 0) is 19.1 Å². The molecule has 17 heavy (non-hydrogen) atoms. The average molecular weight is 229 g/mol. The zero-order valence-electron chi connectivity index (χ0n) is 9.92. The molecule has 1 aromatic heterocycles. The van der Waals surface area contributed by atoms with Crippen LogP contribution < -0.4 is 10.1 Å². The number of hydrogen-bond acceptors (Lipinski definition) is 4. The van der Waals surface area contributed by atoms with E-state index in [1.165, 1.54) is 0 Å². The molecule has 1 atom stereocenters. The van der Waals surface area contributed by atoms with Crippen LogP contribution in [0.4, 0.5) is 5.69 Å². The summed E-state index contributed by atoms with van der Waals surface area (Å²) >= 11 is 0. The molecule has 0 radical (unpaired) electrons. The van der Waals surface area contributed by atoms with Gasteiger partial charge in [-0.1, -0.05) is 12.1 Å². The van der Waals surface area contributed by atoms with Crippen molar-refractivity contribution in [2.75, 3.05) is 12.4 Å². The van der Waals surface area contributed by atoms with E-state index in [1.807, 2.05) is 31.2 Å². The number of anilines is 1. The highest BCUT2D eigenvalue weighted by molar-refractivity contribution is 5.56. The molecule has 4 heteroatoms. The number of methoxy groups -OCH3 is 1. The lowest BCUT2D eigenvalue weighted by molar-refractivity contribution is 0.416. The lowest BCUT2D eigenvalue weighted by Crippen LogP contribution is -2.09. The van der Waals surface area contributed by atoms with E-state index in [2.05, 4.69) is 15.3 Å². The lowest BCUT2D eigenvalue weighted by atomic mass is 10.2. The number of para-hydroxylation sites is 2. The minimum atomic E-state index is 0.0833. The molecule has 0 amide bonds. The molecule has 0 aliphatic heterocycles. The third-order valence-electron chi connectivity index (χ3n) is 2.51. The van der Waals surface area contributed by atoms with Gasteiger partial charge in [-0.2, -0.15) is 0 Å². The van der Waals surface area contributed by atoms with Crippen LogP contribution in [0.2, 0.25) is 0 Å². The molecule has 88 valence electrons. The van der Waals surface area contributed by atoms with E-state index in [0.29, 0.717) is 0 Å². The van der Waals surface area contributed by atoms with Crippen LogP contribution >= 0.6 is 0 Å². The van der Waals surface area contributed by atoms with Gasteiger partial charge in [0.2, 0.25) is 0 Å². The predicted octanol–water partition coefficient (Wildman–Crippen LogP) is 2.66. The predicted molar refractivity (Wildman–Crippen MR) is 67.1 cm³/mol. The Bertz CT molecular complexity index is 473. The maximum atomic E-state index is 5.28. The highest BCUT2D eigenvalue weighted by Crippen LogP contribution is 2.26. The molecule has 0 aliphatic carbocycles. The van der Waals surface area contributed by atoms with E-state index < -0.39 is 0 Å². The summed E-state index contributed by atoms with van der Waals surface area (Å²) in [6.45, 7) is 2.04. The Morgan fingerprint density at radius 2 is 2.06 bits per heavy atom. The number of aromatic nitrogens is 2. The Labute approximate surface area is 101 Å². The van der Waals surface area contributed by atoms with Crippen LogP contribution in [0.5, 0.6) is 5.75 Å². The first-order valence-corrected chi connectivity index (χ1v) is 5.46. The van der Waals surface area contributed by atoms with E-state index in [4.69, 9.17) is 4.74 Å². The van der Waals surface area contributed by atoms with Crippen molar-refractivity contribution in [3.05, 3.63) is 48.5 Å².